The molecule has 0 amide bonds. The molecule has 3 heteroatoms. The number of hydrogen-bond donors (Lipinski definition) is 0. The second-order valence-electron chi connectivity index (χ2n) is 4.51. The molecular weight excluding hydrogens is 230 g/mol. The smallest absolute Gasteiger partial charge is 0.161 e. The van der Waals surface area contributed by atoms with Gasteiger partial charge in [-0.1, -0.05) is 32.6 Å². The summed E-state index contributed by atoms with van der Waals surface area (Å²) < 4.78 is 0. The zero-order valence-electron chi connectivity index (χ0n) is 10.4. The minimum atomic E-state index is 0.312. The van der Waals surface area contributed by atoms with Gasteiger partial charge in [-0.3, -0.25) is 9.79 Å². The molecule has 0 fully saturated rings. The number of carbonyl (C=O) groups is 1. The summed E-state index contributed by atoms with van der Waals surface area (Å²) in [5, 5.41) is 0. The first-order valence-corrected chi connectivity index (χ1v) is 7.45. The van der Waals surface area contributed by atoms with Gasteiger partial charge in [-0.2, -0.15) is 0 Å². The van der Waals surface area contributed by atoms with Crippen molar-refractivity contribution in [1.82, 2.24) is 0 Å². The summed E-state index contributed by atoms with van der Waals surface area (Å²) in [6.07, 6.45) is 10.5. The molecule has 0 unspecified atom stereocenters. The molecule has 17 heavy (non-hydrogen) atoms. The Bertz CT molecular complexity index is 393. The highest BCUT2D eigenvalue weighted by atomic mass is 32.2. The standard InChI is InChI=1S/C14H19NOS/c1-2-3-4-5-6-7-12(16)11-10-17-13-8-9-15-14(11)13/h8-9H,2-7,10H2,1H3. The van der Waals surface area contributed by atoms with E-state index in [1.807, 2.05) is 6.08 Å². The lowest BCUT2D eigenvalue weighted by Crippen LogP contribution is -2.04. The summed E-state index contributed by atoms with van der Waals surface area (Å²) in [4.78, 5) is 17.5. The second-order valence-corrected chi connectivity index (χ2v) is 5.53. The van der Waals surface area contributed by atoms with E-state index in [0.717, 1.165) is 23.4 Å². The van der Waals surface area contributed by atoms with Crippen LogP contribution in [-0.2, 0) is 4.79 Å². The number of carbonyl (C=O) groups excluding carboxylic acids is 1. The largest absolute Gasteiger partial charge is 0.294 e. The number of unbranched alkanes of at least 4 members (excludes halogenated alkanes) is 4. The second kappa shape index (κ2) is 6.20. The number of aliphatic imine (C=N–C) groups is 1. The normalized spacial score (nSPS) is 17.6. The highest BCUT2D eigenvalue weighted by Gasteiger charge is 2.26. The zero-order valence-corrected chi connectivity index (χ0v) is 11.2. The molecular formula is C14H19NOS. The molecule has 2 nitrogen and oxygen atoms in total. The van der Waals surface area contributed by atoms with Crippen molar-refractivity contribution in [3.63, 3.8) is 0 Å². The van der Waals surface area contributed by atoms with Crippen LogP contribution in [0.5, 0.6) is 0 Å². The Morgan fingerprint density at radius 1 is 1.35 bits per heavy atom. The van der Waals surface area contributed by atoms with E-state index in [1.165, 1.54) is 30.6 Å². The lowest BCUT2D eigenvalue weighted by Gasteiger charge is -2.02. The van der Waals surface area contributed by atoms with Crippen LogP contribution in [0.25, 0.3) is 0 Å². The summed E-state index contributed by atoms with van der Waals surface area (Å²) in [6.45, 7) is 2.21. The molecule has 0 bridgehead atoms. The topological polar surface area (TPSA) is 29.4 Å². The number of nitrogens with zero attached hydrogens (tertiary/aromatic N) is 1. The van der Waals surface area contributed by atoms with Gasteiger partial charge in [0.05, 0.1) is 5.70 Å². The Balaban J connectivity index is 1.79. The number of allylic oxidation sites excluding steroid dienone is 1. The van der Waals surface area contributed by atoms with Gasteiger partial charge in [0, 0.05) is 28.9 Å². The maximum atomic E-state index is 12.0. The van der Waals surface area contributed by atoms with Gasteiger partial charge in [-0.25, -0.2) is 0 Å². The minimum absolute atomic E-state index is 0.312. The van der Waals surface area contributed by atoms with Crippen molar-refractivity contribution in [3.05, 3.63) is 22.3 Å². The summed E-state index contributed by atoms with van der Waals surface area (Å²) >= 11 is 1.74. The van der Waals surface area contributed by atoms with Crippen molar-refractivity contribution < 1.29 is 4.79 Å². The van der Waals surface area contributed by atoms with E-state index in [-0.39, 0.29) is 0 Å². The van der Waals surface area contributed by atoms with Crippen LogP contribution in [0.3, 0.4) is 0 Å². The van der Waals surface area contributed by atoms with Gasteiger partial charge in [-0.15, -0.1) is 11.8 Å². The van der Waals surface area contributed by atoms with Gasteiger partial charge in [0.2, 0.25) is 0 Å². The van der Waals surface area contributed by atoms with Crippen LogP contribution in [0.15, 0.2) is 27.2 Å². The lowest BCUT2D eigenvalue weighted by molar-refractivity contribution is -0.115. The van der Waals surface area contributed by atoms with Gasteiger partial charge in [0.25, 0.3) is 0 Å². The predicted molar refractivity (Wildman–Crippen MR) is 74.4 cm³/mol. The van der Waals surface area contributed by atoms with E-state index >= 15 is 0 Å². The summed E-state index contributed by atoms with van der Waals surface area (Å²) in [6, 6.07) is 0. The van der Waals surface area contributed by atoms with Crippen molar-refractivity contribution in [2.75, 3.05) is 5.75 Å². The number of hydrogen-bond acceptors (Lipinski definition) is 3. The molecule has 0 radical (unpaired) electrons. The third kappa shape index (κ3) is 3.09. The Morgan fingerprint density at radius 3 is 3.00 bits per heavy atom. The van der Waals surface area contributed by atoms with Crippen LogP contribution >= 0.6 is 11.8 Å². The number of fused-ring (bicyclic) bond motifs is 1. The molecule has 0 saturated carbocycles. The quantitative estimate of drug-likeness (QED) is 0.641. The van der Waals surface area contributed by atoms with Gasteiger partial charge in [0.1, 0.15) is 0 Å². The van der Waals surface area contributed by atoms with Crippen molar-refractivity contribution in [3.8, 4) is 0 Å². The molecule has 0 saturated heterocycles. The first-order valence-electron chi connectivity index (χ1n) is 6.46. The molecule has 2 heterocycles. The van der Waals surface area contributed by atoms with Crippen LogP contribution in [0.4, 0.5) is 0 Å². The average Bonchev–Trinajstić information content (AvgIpc) is 2.90. The highest BCUT2D eigenvalue weighted by Crippen LogP contribution is 2.39. The average molecular weight is 249 g/mol. The maximum Gasteiger partial charge on any atom is 0.161 e. The number of thioether (sulfide) groups is 1. The Morgan fingerprint density at radius 2 is 2.18 bits per heavy atom. The van der Waals surface area contributed by atoms with Crippen molar-refractivity contribution in [2.45, 2.75) is 45.4 Å². The first kappa shape index (κ1) is 12.6. The number of ketones is 1. The first-order chi connectivity index (χ1) is 8.33. The lowest BCUT2D eigenvalue weighted by atomic mass is 10.0. The Kier molecular flexibility index (Phi) is 4.60. The fraction of sp³-hybridized carbons (Fsp3) is 0.571. The third-order valence-electron chi connectivity index (χ3n) is 3.16. The van der Waals surface area contributed by atoms with Crippen molar-refractivity contribution in [2.24, 2.45) is 4.99 Å². The van der Waals surface area contributed by atoms with Gasteiger partial charge < -0.3 is 0 Å². The molecule has 0 aromatic rings. The van der Waals surface area contributed by atoms with E-state index in [1.54, 1.807) is 18.0 Å². The van der Waals surface area contributed by atoms with Gasteiger partial charge in [-0.05, 0) is 12.5 Å². The molecule has 92 valence electrons. The van der Waals surface area contributed by atoms with Crippen LogP contribution in [0.1, 0.15) is 45.4 Å². The van der Waals surface area contributed by atoms with Crippen LogP contribution in [0.2, 0.25) is 0 Å². The molecule has 2 aliphatic rings. The number of rotatable bonds is 7. The predicted octanol–water partition coefficient (Wildman–Crippen LogP) is 3.89. The molecule has 2 rings (SSSR count). The molecule has 0 aliphatic carbocycles. The summed E-state index contributed by atoms with van der Waals surface area (Å²) in [5.74, 6) is 1.14. The van der Waals surface area contributed by atoms with E-state index in [0.29, 0.717) is 12.2 Å². The van der Waals surface area contributed by atoms with Crippen molar-refractivity contribution >= 4 is 23.8 Å². The fourth-order valence-electron chi connectivity index (χ4n) is 2.14. The zero-order chi connectivity index (χ0) is 12.1. The Hall–Kier alpha value is -0.830. The van der Waals surface area contributed by atoms with Crippen molar-refractivity contribution in [1.29, 1.82) is 0 Å². The van der Waals surface area contributed by atoms with Crippen LogP contribution in [0, 0.1) is 0 Å². The van der Waals surface area contributed by atoms with Gasteiger partial charge in [0.15, 0.2) is 5.78 Å². The monoisotopic (exact) mass is 249 g/mol. The van der Waals surface area contributed by atoms with E-state index < -0.39 is 0 Å². The van der Waals surface area contributed by atoms with Crippen LogP contribution < -0.4 is 0 Å². The third-order valence-corrected chi connectivity index (χ3v) is 4.24. The SMILES string of the molecule is CCCCCCCC(=O)C1=C2N=CC=C2SC1. The van der Waals surface area contributed by atoms with Gasteiger partial charge >= 0.3 is 0 Å². The maximum absolute atomic E-state index is 12.0. The highest BCUT2D eigenvalue weighted by molar-refractivity contribution is 8.03. The van der Waals surface area contributed by atoms with E-state index in [2.05, 4.69) is 11.9 Å². The van der Waals surface area contributed by atoms with Crippen LogP contribution in [-0.4, -0.2) is 17.8 Å². The molecule has 0 aromatic heterocycles. The molecule has 0 aromatic carbocycles. The minimum Gasteiger partial charge on any atom is -0.294 e. The summed E-state index contributed by atoms with van der Waals surface area (Å²) in [7, 11) is 0. The number of Topliss-reactive ketones (excluding diaryl/α,β-unsaturated/α-hetero) is 1. The molecule has 0 spiro atoms. The molecule has 2 aliphatic heterocycles. The fourth-order valence-corrected chi connectivity index (χ4v) is 3.20. The summed E-state index contributed by atoms with van der Waals surface area (Å²) in [5.41, 5.74) is 1.90. The Labute approximate surface area is 107 Å². The van der Waals surface area contributed by atoms with E-state index in [4.69, 9.17) is 0 Å². The molecule has 0 N–H and O–H groups in total. The van der Waals surface area contributed by atoms with E-state index in [9.17, 15) is 4.79 Å². The molecule has 0 atom stereocenters.